The Balaban J connectivity index is 1.21. The molecule has 2 unspecified atom stereocenters. The fourth-order valence-electron chi connectivity index (χ4n) is 13.6. The van der Waals surface area contributed by atoms with Gasteiger partial charge in [0, 0.05) is 0 Å². The van der Waals surface area contributed by atoms with Crippen molar-refractivity contribution in [2.24, 2.45) is 50.2 Å². The molecule has 0 radical (unpaired) electrons. The van der Waals surface area contributed by atoms with Crippen LogP contribution in [0.5, 0.6) is 0 Å². The maximum Gasteiger partial charge on any atom is 0.315 e. The van der Waals surface area contributed by atoms with E-state index >= 15 is 0 Å². The Bertz CT molecular complexity index is 1620. The van der Waals surface area contributed by atoms with Gasteiger partial charge in [-0.2, -0.15) is 0 Å². The Morgan fingerprint density at radius 2 is 1.29 bits per heavy atom. The zero-order valence-corrected chi connectivity index (χ0v) is 34.4. The third-order valence-electron chi connectivity index (χ3n) is 17.3. The number of fused-ring (bicyclic) bond motifs is 7. The van der Waals surface area contributed by atoms with Crippen LogP contribution in [0.15, 0.2) is 11.6 Å². The smallest absolute Gasteiger partial charge is 0.315 e. The summed E-state index contributed by atoms with van der Waals surface area (Å²) in [6.45, 7) is 11.2. The third kappa shape index (κ3) is 6.29. The number of ether oxygens (including phenoxy) is 4. The minimum absolute atomic E-state index is 0.0980. The number of aliphatic hydroxyl groups excluding tert-OH is 9. The Morgan fingerprint density at radius 1 is 0.724 bits per heavy atom. The number of aliphatic carboxylic acids is 1. The lowest BCUT2D eigenvalue weighted by Crippen LogP contribution is -2.70. The molecule has 5 aliphatic carbocycles. The highest BCUT2D eigenvalue weighted by Gasteiger charge is 2.73. The highest BCUT2D eigenvalue weighted by atomic mass is 16.7. The highest BCUT2D eigenvalue weighted by molar-refractivity contribution is 5.79. The summed E-state index contributed by atoms with van der Waals surface area (Å²) in [4.78, 5) is 28.1. The first kappa shape index (κ1) is 44.3. The Morgan fingerprint density at radius 3 is 1.88 bits per heavy atom. The summed E-state index contributed by atoms with van der Waals surface area (Å²) in [6, 6.07) is 0. The van der Waals surface area contributed by atoms with E-state index < -0.39 is 132 Å². The van der Waals surface area contributed by atoms with Crippen LogP contribution in [0.1, 0.15) is 99.3 Å². The largest absolute Gasteiger partial charge is 0.481 e. The molecule has 16 nitrogen and oxygen atoms in total. The maximum absolute atomic E-state index is 14.6. The predicted octanol–water partition coefficient (Wildman–Crippen LogP) is 0.352. The quantitative estimate of drug-likeness (QED) is 0.0943. The third-order valence-corrected chi connectivity index (χ3v) is 17.3. The molecule has 0 aromatic carbocycles. The molecule has 20 atom stereocenters. The molecule has 2 heterocycles. The highest BCUT2D eigenvalue weighted by Crippen LogP contribution is 2.76. The monoisotopic (exact) mass is 826 g/mol. The number of carbonyl (C=O) groups is 2. The fourth-order valence-corrected chi connectivity index (χ4v) is 13.6. The van der Waals surface area contributed by atoms with Crippen molar-refractivity contribution < 1.29 is 79.6 Å². The molecule has 4 saturated carbocycles. The van der Waals surface area contributed by atoms with Crippen molar-refractivity contribution in [1.82, 2.24) is 0 Å². The first-order chi connectivity index (χ1) is 27.0. The van der Waals surface area contributed by atoms with Crippen molar-refractivity contribution in [2.75, 3.05) is 13.2 Å². The molecule has 0 aromatic heterocycles. The van der Waals surface area contributed by atoms with Gasteiger partial charge in [0.25, 0.3) is 0 Å². The maximum atomic E-state index is 14.6. The summed E-state index contributed by atoms with van der Waals surface area (Å²) in [5.74, 6) is -2.59. The topological polar surface area (TPSA) is 273 Å². The van der Waals surface area contributed by atoms with Gasteiger partial charge in [-0.15, -0.1) is 0 Å². The minimum Gasteiger partial charge on any atom is -0.481 e. The SMILES string of the molecule is CC1(C)CC[C@]2(C(=O)O[C@@H]3O[C@H](CO)[C@@H](O)[C@H](O)[C@H]3O)CC[C@]3(C)C(=CCC4[C@@]5(C)C[C@H](O)[C@H](O[C@@H]6O[C@H](CO)[C@@H](O)[C@H](O)[C@H]6O)[C@@](C)(C(=O)O)C5CC[C@]43C)[C@@H]2C1. The van der Waals surface area contributed by atoms with Crippen LogP contribution in [0.2, 0.25) is 0 Å². The van der Waals surface area contributed by atoms with E-state index in [4.69, 9.17) is 18.9 Å². The van der Waals surface area contributed by atoms with E-state index in [1.165, 1.54) is 0 Å². The Hall–Kier alpha value is -1.80. The standard InChI is InChI=1S/C42H66O16/c1-37(2)11-13-42(36(54)58-34-31(51)29(49)27(47)23(18-44)56-34)14-12-39(4)19(20(42)15-37)7-8-24-38(3)16-21(45)32(41(6,35(52)53)25(38)9-10-40(24,39)5)57-33-30(50)28(48)26(46)22(17-43)55-33/h7,20-34,43-51H,8-18H2,1-6H3,(H,52,53)/t20-,21-,22+,23+,24?,25?,26+,27+,28-,29-,30+,31+,32-,33-,34-,38+,39+,40+,41-,42-/m0/s1. The molecule has 2 aliphatic heterocycles. The second-order valence-electron chi connectivity index (χ2n) is 20.6. The fraction of sp³-hybridized carbons (Fsp3) is 0.905. The zero-order valence-electron chi connectivity index (χ0n) is 34.4. The van der Waals surface area contributed by atoms with Crippen LogP contribution in [0.3, 0.4) is 0 Å². The van der Waals surface area contributed by atoms with Crippen LogP contribution in [-0.2, 0) is 28.5 Å². The second kappa shape index (κ2) is 14.9. The van der Waals surface area contributed by atoms with Gasteiger partial charge in [-0.3, -0.25) is 9.59 Å². The predicted molar refractivity (Wildman–Crippen MR) is 201 cm³/mol. The first-order valence-corrected chi connectivity index (χ1v) is 21.1. The summed E-state index contributed by atoms with van der Waals surface area (Å²) >= 11 is 0. The molecule has 58 heavy (non-hydrogen) atoms. The normalized spacial score (nSPS) is 53.8. The molecule has 2 saturated heterocycles. The minimum atomic E-state index is -1.77. The van der Waals surface area contributed by atoms with Gasteiger partial charge in [0.1, 0.15) is 54.9 Å². The summed E-state index contributed by atoms with van der Waals surface area (Å²) in [6.07, 6.45) is -11.5. The molecule has 7 aliphatic rings. The molecule has 0 bridgehead atoms. The lowest BCUT2D eigenvalue weighted by atomic mass is 9.33. The second-order valence-corrected chi connectivity index (χ2v) is 20.6. The molecular formula is C42H66O16. The van der Waals surface area contributed by atoms with Crippen LogP contribution in [0.25, 0.3) is 0 Å². The Kier molecular flexibility index (Phi) is 11.4. The lowest BCUT2D eigenvalue weighted by Gasteiger charge is -2.71. The van der Waals surface area contributed by atoms with Gasteiger partial charge in [0.15, 0.2) is 6.29 Å². The molecule has 16 heteroatoms. The van der Waals surface area contributed by atoms with Gasteiger partial charge in [0.2, 0.25) is 6.29 Å². The molecule has 6 fully saturated rings. The Labute approximate surface area is 339 Å². The van der Waals surface area contributed by atoms with Crippen molar-refractivity contribution >= 4 is 11.9 Å². The van der Waals surface area contributed by atoms with E-state index in [2.05, 4.69) is 40.7 Å². The average Bonchev–Trinajstić information content (AvgIpc) is 3.16. The molecule has 7 rings (SSSR count). The van der Waals surface area contributed by atoms with E-state index in [-0.39, 0.29) is 23.7 Å². The number of hydrogen-bond acceptors (Lipinski definition) is 15. The summed E-state index contributed by atoms with van der Waals surface area (Å²) < 4.78 is 23.3. The van der Waals surface area contributed by atoms with Crippen molar-refractivity contribution in [2.45, 2.75) is 173 Å². The van der Waals surface area contributed by atoms with Crippen molar-refractivity contribution in [1.29, 1.82) is 0 Å². The van der Waals surface area contributed by atoms with Crippen LogP contribution in [-0.4, -0.2) is 150 Å². The van der Waals surface area contributed by atoms with Crippen molar-refractivity contribution in [3.63, 3.8) is 0 Å². The number of allylic oxidation sites excluding steroid dienone is 2. The number of rotatable bonds is 7. The van der Waals surface area contributed by atoms with Crippen LogP contribution in [0.4, 0.5) is 0 Å². The van der Waals surface area contributed by atoms with Crippen molar-refractivity contribution in [3.05, 3.63) is 11.6 Å². The van der Waals surface area contributed by atoms with Gasteiger partial charge in [-0.25, -0.2) is 0 Å². The molecule has 0 spiro atoms. The lowest BCUT2D eigenvalue weighted by molar-refractivity contribution is -0.340. The van der Waals surface area contributed by atoms with E-state index in [1.807, 2.05) is 0 Å². The number of esters is 1. The van der Waals surface area contributed by atoms with Gasteiger partial charge in [0.05, 0.1) is 30.1 Å². The number of aliphatic hydroxyl groups is 9. The van der Waals surface area contributed by atoms with Crippen LogP contribution < -0.4 is 0 Å². The molecular weight excluding hydrogens is 760 g/mol. The van der Waals surface area contributed by atoms with Gasteiger partial charge in [-0.05, 0) is 104 Å². The van der Waals surface area contributed by atoms with Gasteiger partial charge < -0.3 is 70.0 Å². The zero-order chi connectivity index (χ0) is 42.7. The van der Waals surface area contributed by atoms with E-state index in [9.17, 15) is 60.7 Å². The molecule has 10 N–H and O–H groups in total. The summed E-state index contributed by atoms with van der Waals surface area (Å²) in [5.41, 5.74) is -3.18. The summed E-state index contributed by atoms with van der Waals surface area (Å²) in [5, 5.41) is 106. The van der Waals surface area contributed by atoms with Crippen LogP contribution >= 0.6 is 0 Å². The molecule has 0 amide bonds. The van der Waals surface area contributed by atoms with Crippen LogP contribution in [0, 0.1) is 50.2 Å². The number of carboxylic acid groups (broad SMARTS) is 1. The van der Waals surface area contributed by atoms with Gasteiger partial charge in [-0.1, -0.05) is 46.3 Å². The van der Waals surface area contributed by atoms with Gasteiger partial charge >= 0.3 is 11.9 Å². The summed E-state index contributed by atoms with van der Waals surface area (Å²) in [7, 11) is 0. The molecule has 0 aromatic rings. The van der Waals surface area contributed by atoms with E-state index in [1.54, 1.807) is 6.92 Å². The average molecular weight is 827 g/mol. The van der Waals surface area contributed by atoms with E-state index in [0.717, 1.165) is 12.0 Å². The number of carboxylic acids is 1. The van der Waals surface area contributed by atoms with Crippen molar-refractivity contribution in [3.8, 4) is 0 Å². The molecule has 330 valence electrons. The van der Waals surface area contributed by atoms with E-state index in [0.29, 0.717) is 44.9 Å². The first-order valence-electron chi connectivity index (χ1n) is 21.1. The number of hydrogen-bond donors (Lipinski definition) is 10. The number of carbonyl (C=O) groups excluding carboxylic acids is 1.